The van der Waals surface area contributed by atoms with Gasteiger partial charge in [-0.3, -0.25) is 4.79 Å². The molecular weight excluding hydrogens is 288 g/mol. The van der Waals surface area contributed by atoms with Crippen LogP contribution in [0, 0.1) is 5.92 Å². The Balaban J connectivity index is 0.00000400. The van der Waals surface area contributed by atoms with Crippen LogP contribution in [0.3, 0.4) is 0 Å². The maximum atomic E-state index is 11.8. The lowest BCUT2D eigenvalue weighted by atomic mass is 9.97. The standard InChI is InChI=1S/C16H26N2O2.ClH/c1-12(10-15(19)18-11-16(2,3)17)9-13-7-5-6-8-14(13)20-4;/h5-8,12H,9-11,17H2,1-4H3,(H,18,19);1H. The van der Waals surface area contributed by atoms with Crippen LogP contribution in [0.5, 0.6) is 5.75 Å². The average Bonchev–Trinajstić information content (AvgIpc) is 2.36. The monoisotopic (exact) mass is 314 g/mol. The molecule has 120 valence electrons. The maximum Gasteiger partial charge on any atom is 0.220 e. The second-order valence-corrected chi connectivity index (χ2v) is 6.09. The number of hydrogen-bond acceptors (Lipinski definition) is 3. The van der Waals surface area contributed by atoms with Gasteiger partial charge in [0.15, 0.2) is 0 Å². The van der Waals surface area contributed by atoms with Crippen LogP contribution in [0.25, 0.3) is 0 Å². The quantitative estimate of drug-likeness (QED) is 0.813. The first-order valence-corrected chi connectivity index (χ1v) is 6.99. The van der Waals surface area contributed by atoms with Crippen LogP contribution in [0.4, 0.5) is 0 Å². The van der Waals surface area contributed by atoms with Crippen molar-refractivity contribution in [1.29, 1.82) is 0 Å². The number of rotatable bonds is 7. The van der Waals surface area contributed by atoms with Crippen molar-refractivity contribution in [2.45, 2.75) is 39.2 Å². The number of benzene rings is 1. The van der Waals surface area contributed by atoms with E-state index >= 15 is 0 Å². The Labute approximate surface area is 133 Å². The van der Waals surface area contributed by atoms with E-state index < -0.39 is 0 Å². The predicted octanol–water partition coefficient (Wildman–Crippen LogP) is 2.54. The zero-order chi connectivity index (χ0) is 15.2. The van der Waals surface area contributed by atoms with Crippen molar-refractivity contribution in [3.8, 4) is 5.75 Å². The molecule has 5 heteroatoms. The van der Waals surface area contributed by atoms with Gasteiger partial charge in [-0.2, -0.15) is 0 Å². The summed E-state index contributed by atoms with van der Waals surface area (Å²) in [6, 6.07) is 7.92. The van der Waals surface area contributed by atoms with Gasteiger partial charge in [-0.25, -0.2) is 0 Å². The van der Waals surface area contributed by atoms with Crippen molar-refractivity contribution in [2.24, 2.45) is 11.7 Å². The molecule has 0 radical (unpaired) electrons. The Kier molecular flexibility index (Phi) is 8.37. The molecule has 0 aliphatic carbocycles. The smallest absolute Gasteiger partial charge is 0.220 e. The highest BCUT2D eigenvalue weighted by Crippen LogP contribution is 2.22. The van der Waals surface area contributed by atoms with E-state index in [2.05, 4.69) is 12.2 Å². The molecule has 1 aromatic carbocycles. The summed E-state index contributed by atoms with van der Waals surface area (Å²) in [5, 5.41) is 2.87. The van der Waals surface area contributed by atoms with Gasteiger partial charge in [0.25, 0.3) is 0 Å². The molecule has 0 fully saturated rings. The molecular formula is C16H27ClN2O2. The number of halogens is 1. The normalized spacial score (nSPS) is 12.2. The van der Waals surface area contributed by atoms with Gasteiger partial charge in [0, 0.05) is 18.5 Å². The summed E-state index contributed by atoms with van der Waals surface area (Å²) in [6.07, 6.45) is 1.32. The summed E-state index contributed by atoms with van der Waals surface area (Å²) < 4.78 is 5.33. The topological polar surface area (TPSA) is 64.3 Å². The zero-order valence-electron chi connectivity index (χ0n) is 13.3. The van der Waals surface area contributed by atoms with E-state index in [1.807, 2.05) is 38.1 Å². The van der Waals surface area contributed by atoms with Crippen LogP contribution in [0.1, 0.15) is 32.8 Å². The second kappa shape index (κ2) is 8.90. The Morgan fingerprint density at radius 1 is 1.38 bits per heavy atom. The Hall–Kier alpha value is -1.26. The third kappa shape index (κ3) is 7.93. The maximum absolute atomic E-state index is 11.8. The van der Waals surface area contributed by atoms with Crippen molar-refractivity contribution in [2.75, 3.05) is 13.7 Å². The van der Waals surface area contributed by atoms with Gasteiger partial charge in [0.1, 0.15) is 5.75 Å². The highest BCUT2D eigenvalue weighted by atomic mass is 35.5. The first kappa shape index (κ1) is 19.7. The number of nitrogens with two attached hydrogens (primary N) is 1. The van der Waals surface area contributed by atoms with Crippen LogP contribution in [-0.2, 0) is 11.2 Å². The molecule has 1 amide bonds. The Bertz CT molecular complexity index is 444. The lowest BCUT2D eigenvalue weighted by molar-refractivity contribution is -0.122. The minimum atomic E-state index is -0.373. The Morgan fingerprint density at radius 2 is 2.00 bits per heavy atom. The van der Waals surface area contributed by atoms with Gasteiger partial charge in [-0.05, 0) is 37.8 Å². The average molecular weight is 315 g/mol. The lowest BCUT2D eigenvalue weighted by Crippen LogP contribution is -2.45. The number of ether oxygens (including phenoxy) is 1. The number of methoxy groups -OCH3 is 1. The second-order valence-electron chi connectivity index (χ2n) is 6.09. The van der Waals surface area contributed by atoms with E-state index in [9.17, 15) is 4.79 Å². The van der Waals surface area contributed by atoms with Crippen molar-refractivity contribution >= 4 is 18.3 Å². The number of carbonyl (C=O) groups is 1. The number of para-hydroxylation sites is 1. The van der Waals surface area contributed by atoms with E-state index in [1.54, 1.807) is 7.11 Å². The summed E-state index contributed by atoms with van der Waals surface area (Å²) in [5.41, 5.74) is 6.61. The zero-order valence-corrected chi connectivity index (χ0v) is 14.1. The molecule has 1 atom stereocenters. The van der Waals surface area contributed by atoms with Crippen molar-refractivity contribution in [3.63, 3.8) is 0 Å². The van der Waals surface area contributed by atoms with E-state index in [4.69, 9.17) is 10.5 Å². The van der Waals surface area contributed by atoms with Gasteiger partial charge in [-0.15, -0.1) is 12.4 Å². The van der Waals surface area contributed by atoms with Gasteiger partial charge >= 0.3 is 0 Å². The molecule has 0 spiro atoms. The minimum absolute atomic E-state index is 0. The highest BCUT2D eigenvalue weighted by Gasteiger charge is 2.15. The summed E-state index contributed by atoms with van der Waals surface area (Å²) >= 11 is 0. The fourth-order valence-electron chi connectivity index (χ4n) is 2.03. The minimum Gasteiger partial charge on any atom is -0.496 e. The molecule has 1 aromatic rings. The molecule has 1 unspecified atom stereocenters. The van der Waals surface area contributed by atoms with Crippen LogP contribution >= 0.6 is 12.4 Å². The van der Waals surface area contributed by atoms with E-state index in [0.29, 0.717) is 13.0 Å². The van der Waals surface area contributed by atoms with Gasteiger partial charge < -0.3 is 15.8 Å². The molecule has 21 heavy (non-hydrogen) atoms. The first-order chi connectivity index (χ1) is 9.31. The largest absolute Gasteiger partial charge is 0.496 e. The van der Waals surface area contributed by atoms with Gasteiger partial charge in [0.05, 0.1) is 7.11 Å². The fourth-order valence-corrected chi connectivity index (χ4v) is 2.03. The molecule has 0 heterocycles. The van der Waals surface area contributed by atoms with Crippen LogP contribution < -0.4 is 15.8 Å². The summed E-state index contributed by atoms with van der Waals surface area (Å²) in [4.78, 5) is 11.8. The van der Waals surface area contributed by atoms with Crippen molar-refractivity contribution in [3.05, 3.63) is 29.8 Å². The lowest BCUT2D eigenvalue weighted by Gasteiger charge is -2.20. The predicted molar refractivity (Wildman–Crippen MR) is 89.0 cm³/mol. The molecule has 0 saturated carbocycles. The number of carbonyl (C=O) groups excluding carboxylic acids is 1. The molecule has 0 aromatic heterocycles. The first-order valence-electron chi connectivity index (χ1n) is 6.99. The molecule has 4 nitrogen and oxygen atoms in total. The number of hydrogen-bond donors (Lipinski definition) is 2. The highest BCUT2D eigenvalue weighted by molar-refractivity contribution is 5.85. The van der Waals surface area contributed by atoms with E-state index in [1.165, 1.54) is 0 Å². The summed E-state index contributed by atoms with van der Waals surface area (Å²) in [6.45, 7) is 6.35. The van der Waals surface area contributed by atoms with Crippen molar-refractivity contribution in [1.82, 2.24) is 5.32 Å². The molecule has 3 N–H and O–H groups in total. The molecule has 0 bridgehead atoms. The van der Waals surface area contributed by atoms with E-state index in [0.717, 1.165) is 17.7 Å². The SMILES string of the molecule is COc1ccccc1CC(C)CC(=O)NCC(C)(C)N.Cl. The molecule has 1 rings (SSSR count). The van der Waals surface area contributed by atoms with Crippen LogP contribution in [0.2, 0.25) is 0 Å². The number of nitrogens with one attached hydrogen (secondary N) is 1. The molecule has 0 saturated heterocycles. The molecule has 0 aliphatic heterocycles. The third-order valence-electron chi connectivity index (χ3n) is 3.04. The summed E-state index contributed by atoms with van der Waals surface area (Å²) in [5.74, 6) is 1.18. The Morgan fingerprint density at radius 3 is 2.57 bits per heavy atom. The van der Waals surface area contributed by atoms with Crippen LogP contribution in [-0.4, -0.2) is 25.1 Å². The fraction of sp³-hybridized carbons (Fsp3) is 0.562. The third-order valence-corrected chi connectivity index (χ3v) is 3.04. The summed E-state index contributed by atoms with van der Waals surface area (Å²) in [7, 11) is 1.67. The van der Waals surface area contributed by atoms with E-state index in [-0.39, 0.29) is 29.8 Å². The number of amides is 1. The van der Waals surface area contributed by atoms with Gasteiger partial charge in [0.2, 0.25) is 5.91 Å². The van der Waals surface area contributed by atoms with Gasteiger partial charge in [-0.1, -0.05) is 25.1 Å². The van der Waals surface area contributed by atoms with Crippen LogP contribution in [0.15, 0.2) is 24.3 Å². The molecule has 0 aliphatic rings. The van der Waals surface area contributed by atoms with Crippen molar-refractivity contribution < 1.29 is 9.53 Å².